The number of hydrogen-bond acceptors (Lipinski definition) is 4. The number of hydrogen-bond donors (Lipinski definition) is 1. The van der Waals surface area contributed by atoms with Crippen molar-refractivity contribution in [1.82, 2.24) is 10.5 Å². The van der Waals surface area contributed by atoms with Crippen LogP contribution < -0.4 is 10.1 Å². The molecule has 2 heterocycles. The first-order chi connectivity index (χ1) is 10.6. The summed E-state index contributed by atoms with van der Waals surface area (Å²) in [6.45, 7) is 4.41. The Morgan fingerprint density at radius 1 is 1.36 bits per heavy atom. The molecule has 5 nitrogen and oxygen atoms in total. The highest BCUT2D eigenvalue weighted by Gasteiger charge is 2.22. The Morgan fingerprint density at radius 3 is 2.95 bits per heavy atom. The third-order valence-corrected chi connectivity index (χ3v) is 4.08. The van der Waals surface area contributed by atoms with E-state index in [9.17, 15) is 4.79 Å². The van der Waals surface area contributed by atoms with E-state index in [0.29, 0.717) is 19.4 Å². The zero-order valence-corrected chi connectivity index (χ0v) is 12.9. The Balaban J connectivity index is 1.61. The lowest BCUT2D eigenvalue weighted by molar-refractivity contribution is -0.122. The standard InChI is InChI=1S/C17H20N2O3/c1-11-13(12(2)22-19-11)7-8-17(20)18-15-9-10-21-16-6-4-3-5-14(15)16/h3-6,15H,7-10H2,1-2H3,(H,18,20). The number of benzene rings is 1. The van der Waals surface area contributed by atoms with Gasteiger partial charge >= 0.3 is 0 Å². The van der Waals surface area contributed by atoms with Gasteiger partial charge in [-0.2, -0.15) is 0 Å². The van der Waals surface area contributed by atoms with Crippen LogP contribution in [-0.4, -0.2) is 17.7 Å². The van der Waals surface area contributed by atoms with Gasteiger partial charge in [-0.1, -0.05) is 23.4 Å². The number of fused-ring (bicyclic) bond motifs is 1. The molecule has 22 heavy (non-hydrogen) atoms. The average molecular weight is 300 g/mol. The summed E-state index contributed by atoms with van der Waals surface area (Å²) in [5.41, 5.74) is 2.95. The summed E-state index contributed by atoms with van der Waals surface area (Å²) in [6.07, 6.45) is 1.88. The number of ether oxygens (including phenoxy) is 1. The molecule has 3 rings (SSSR count). The van der Waals surface area contributed by atoms with Crippen molar-refractivity contribution in [2.75, 3.05) is 6.61 Å². The molecule has 0 spiro atoms. The lowest BCUT2D eigenvalue weighted by atomic mass is 10.00. The van der Waals surface area contributed by atoms with E-state index in [1.165, 1.54) is 0 Å². The fourth-order valence-corrected chi connectivity index (χ4v) is 2.86. The van der Waals surface area contributed by atoms with E-state index in [-0.39, 0.29) is 11.9 Å². The van der Waals surface area contributed by atoms with E-state index >= 15 is 0 Å². The van der Waals surface area contributed by atoms with Crippen molar-refractivity contribution in [3.8, 4) is 5.75 Å². The molecule has 1 amide bonds. The number of nitrogens with one attached hydrogen (secondary N) is 1. The summed E-state index contributed by atoms with van der Waals surface area (Å²) in [4.78, 5) is 12.2. The topological polar surface area (TPSA) is 64.4 Å². The van der Waals surface area contributed by atoms with E-state index in [1.54, 1.807) is 0 Å². The minimum Gasteiger partial charge on any atom is -0.493 e. The van der Waals surface area contributed by atoms with E-state index in [0.717, 1.165) is 34.8 Å². The molecule has 1 atom stereocenters. The molecule has 2 aromatic rings. The van der Waals surface area contributed by atoms with Crippen LogP contribution in [0.5, 0.6) is 5.75 Å². The molecule has 1 N–H and O–H groups in total. The lowest BCUT2D eigenvalue weighted by Crippen LogP contribution is -2.32. The van der Waals surface area contributed by atoms with Crippen molar-refractivity contribution in [1.29, 1.82) is 0 Å². The SMILES string of the molecule is Cc1noc(C)c1CCC(=O)NC1CCOc2ccccc21. The van der Waals surface area contributed by atoms with Crippen LogP contribution in [0.3, 0.4) is 0 Å². The molecular formula is C17H20N2O3. The second-order valence-electron chi connectivity index (χ2n) is 5.60. The zero-order valence-electron chi connectivity index (χ0n) is 12.9. The fourth-order valence-electron chi connectivity index (χ4n) is 2.86. The minimum atomic E-state index is 0.0297. The number of aryl methyl sites for hydroxylation is 2. The van der Waals surface area contributed by atoms with E-state index in [4.69, 9.17) is 9.26 Å². The molecule has 0 radical (unpaired) electrons. The van der Waals surface area contributed by atoms with E-state index < -0.39 is 0 Å². The fraction of sp³-hybridized carbons (Fsp3) is 0.412. The van der Waals surface area contributed by atoms with Crippen molar-refractivity contribution in [3.05, 3.63) is 46.8 Å². The van der Waals surface area contributed by atoms with Gasteiger partial charge in [0.05, 0.1) is 18.3 Å². The van der Waals surface area contributed by atoms with E-state index in [2.05, 4.69) is 10.5 Å². The Hall–Kier alpha value is -2.30. The molecule has 1 aromatic carbocycles. The molecule has 1 aliphatic rings. The first kappa shape index (κ1) is 14.6. The van der Waals surface area contributed by atoms with Gasteiger partial charge in [-0.25, -0.2) is 0 Å². The van der Waals surface area contributed by atoms with Crippen LogP contribution >= 0.6 is 0 Å². The zero-order chi connectivity index (χ0) is 15.5. The van der Waals surface area contributed by atoms with Crippen LogP contribution in [-0.2, 0) is 11.2 Å². The van der Waals surface area contributed by atoms with Crippen LogP contribution in [0.15, 0.2) is 28.8 Å². The average Bonchev–Trinajstić information content (AvgIpc) is 2.84. The molecule has 0 saturated carbocycles. The molecular weight excluding hydrogens is 280 g/mol. The number of carbonyl (C=O) groups is 1. The molecule has 116 valence electrons. The largest absolute Gasteiger partial charge is 0.493 e. The summed E-state index contributed by atoms with van der Waals surface area (Å²) in [5.74, 6) is 1.70. The molecule has 1 aliphatic heterocycles. The molecule has 1 aromatic heterocycles. The summed E-state index contributed by atoms with van der Waals surface area (Å²) >= 11 is 0. The summed E-state index contributed by atoms with van der Waals surface area (Å²) < 4.78 is 10.7. The summed E-state index contributed by atoms with van der Waals surface area (Å²) in [6, 6.07) is 7.89. The highest BCUT2D eigenvalue weighted by atomic mass is 16.5. The number of amides is 1. The van der Waals surface area contributed by atoms with Gasteiger partial charge in [-0.05, 0) is 26.3 Å². The maximum Gasteiger partial charge on any atom is 0.220 e. The Labute approximate surface area is 129 Å². The van der Waals surface area contributed by atoms with Crippen LogP contribution in [0.4, 0.5) is 0 Å². The Bertz CT molecular complexity index is 659. The van der Waals surface area contributed by atoms with Gasteiger partial charge in [0.1, 0.15) is 11.5 Å². The van der Waals surface area contributed by atoms with Crippen LogP contribution in [0.25, 0.3) is 0 Å². The van der Waals surface area contributed by atoms with Gasteiger partial charge in [-0.15, -0.1) is 0 Å². The van der Waals surface area contributed by atoms with Gasteiger partial charge < -0.3 is 14.6 Å². The maximum absolute atomic E-state index is 12.2. The third-order valence-electron chi connectivity index (χ3n) is 4.08. The highest BCUT2D eigenvalue weighted by Crippen LogP contribution is 2.31. The monoisotopic (exact) mass is 300 g/mol. The van der Waals surface area contributed by atoms with Crippen LogP contribution in [0, 0.1) is 13.8 Å². The second-order valence-corrected chi connectivity index (χ2v) is 5.60. The smallest absolute Gasteiger partial charge is 0.220 e. The Kier molecular flexibility index (Phi) is 4.13. The van der Waals surface area contributed by atoms with Crippen molar-refractivity contribution in [2.24, 2.45) is 0 Å². The molecule has 1 unspecified atom stereocenters. The van der Waals surface area contributed by atoms with Crippen LogP contribution in [0.1, 0.15) is 41.5 Å². The number of rotatable bonds is 4. The summed E-state index contributed by atoms with van der Waals surface area (Å²) in [7, 11) is 0. The lowest BCUT2D eigenvalue weighted by Gasteiger charge is -2.26. The van der Waals surface area contributed by atoms with Gasteiger partial charge in [-0.3, -0.25) is 4.79 Å². The van der Waals surface area contributed by atoms with Gasteiger partial charge in [0.2, 0.25) is 5.91 Å². The van der Waals surface area contributed by atoms with Crippen molar-refractivity contribution < 1.29 is 14.1 Å². The molecule has 5 heteroatoms. The summed E-state index contributed by atoms with van der Waals surface area (Å²) in [5, 5.41) is 7.02. The van der Waals surface area contributed by atoms with Crippen molar-refractivity contribution in [2.45, 2.75) is 39.2 Å². The maximum atomic E-state index is 12.2. The van der Waals surface area contributed by atoms with Crippen molar-refractivity contribution in [3.63, 3.8) is 0 Å². The van der Waals surface area contributed by atoms with Crippen molar-refractivity contribution >= 4 is 5.91 Å². The Morgan fingerprint density at radius 2 is 2.18 bits per heavy atom. The molecule has 0 bridgehead atoms. The molecule has 0 aliphatic carbocycles. The third kappa shape index (κ3) is 2.98. The highest BCUT2D eigenvalue weighted by molar-refractivity contribution is 5.77. The number of nitrogens with zero attached hydrogens (tertiary/aromatic N) is 1. The van der Waals surface area contributed by atoms with E-state index in [1.807, 2.05) is 38.1 Å². The first-order valence-corrected chi connectivity index (χ1v) is 7.58. The normalized spacial score (nSPS) is 16.7. The number of para-hydroxylation sites is 1. The second kappa shape index (κ2) is 6.22. The van der Waals surface area contributed by atoms with Gasteiger partial charge in [0.15, 0.2) is 0 Å². The quantitative estimate of drug-likeness (QED) is 0.943. The predicted molar refractivity (Wildman–Crippen MR) is 81.7 cm³/mol. The molecule has 0 saturated heterocycles. The number of carbonyl (C=O) groups excluding carboxylic acids is 1. The predicted octanol–water partition coefficient (Wildman–Crippen LogP) is 2.86. The van der Waals surface area contributed by atoms with Crippen LogP contribution in [0.2, 0.25) is 0 Å². The first-order valence-electron chi connectivity index (χ1n) is 7.58. The number of aromatic nitrogens is 1. The van der Waals surface area contributed by atoms with Gasteiger partial charge in [0, 0.05) is 24.0 Å². The minimum absolute atomic E-state index is 0.0297. The van der Waals surface area contributed by atoms with Gasteiger partial charge in [0.25, 0.3) is 0 Å². The molecule has 0 fully saturated rings.